The number of carbonyl (C=O) groups is 1. The lowest BCUT2D eigenvalue weighted by molar-refractivity contribution is 0.112. The normalized spacial score (nSPS) is 9.69. The Balaban J connectivity index is 3.25. The minimum Gasteiger partial charge on any atom is -0.298 e. The number of hydrogen-bond acceptors (Lipinski definition) is 3. The summed E-state index contributed by atoms with van der Waals surface area (Å²) < 4.78 is 24.3. The maximum absolute atomic E-state index is 12.1. The predicted molar refractivity (Wildman–Crippen MR) is 39.3 cm³/mol. The molecule has 0 aliphatic carbocycles. The van der Waals surface area contributed by atoms with E-state index < -0.39 is 12.1 Å². The molecule has 1 rings (SSSR count). The topological polar surface area (TPSA) is 53.8 Å². The molecule has 0 spiro atoms. The second-order valence-corrected chi connectivity index (χ2v) is 2.23. The van der Waals surface area contributed by atoms with Gasteiger partial charge in [0.25, 0.3) is 6.43 Å². The maximum Gasteiger partial charge on any atom is 0.281 e. The van der Waals surface area contributed by atoms with Crippen molar-refractivity contribution in [3.8, 4) is 6.07 Å². The van der Waals surface area contributed by atoms with Crippen LogP contribution < -0.4 is 0 Å². The monoisotopic (exact) mass is 182 g/mol. The molecule has 0 aromatic carbocycles. The first-order valence-corrected chi connectivity index (χ1v) is 3.32. The fraction of sp³-hybridized carbons (Fsp3) is 0.125. The largest absolute Gasteiger partial charge is 0.298 e. The van der Waals surface area contributed by atoms with Gasteiger partial charge in [0.2, 0.25) is 0 Å². The van der Waals surface area contributed by atoms with Crippen molar-refractivity contribution >= 4 is 6.29 Å². The Hall–Kier alpha value is -1.83. The average Bonchev–Trinajstić information content (AvgIpc) is 2.16. The molecule has 3 nitrogen and oxygen atoms in total. The van der Waals surface area contributed by atoms with Gasteiger partial charge in [-0.25, -0.2) is 8.78 Å². The molecule has 0 radical (unpaired) electrons. The molecule has 0 atom stereocenters. The molecular weight excluding hydrogens is 178 g/mol. The third-order valence-corrected chi connectivity index (χ3v) is 1.40. The quantitative estimate of drug-likeness (QED) is 0.654. The second-order valence-electron chi connectivity index (χ2n) is 2.23. The van der Waals surface area contributed by atoms with Crippen LogP contribution in [0.2, 0.25) is 0 Å². The van der Waals surface area contributed by atoms with E-state index in [0.29, 0.717) is 6.29 Å². The van der Waals surface area contributed by atoms with Crippen molar-refractivity contribution in [3.05, 3.63) is 29.1 Å². The van der Waals surface area contributed by atoms with Crippen LogP contribution in [0.1, 0.15) is 28.0 Å². The summed E-state index contributed by atoms with van der Waals surface area (Å²) in [4.78, 5) is 13.5. The molecule has 0 aliphatic rings. The fourth-order valence-corrected chi connectivity index (χ4v) is 0.819. The van der Waals surface area contributed by atoms with Crippen LogP contribution in [0.4, 0.5) is 8.78 Å². The second kappa shape index (κ2) is 3.72. The number of nitriles is 1. The van der Waals surface area contributed by atoms with Gasteiger partial charge < -0.3 is 0 Å². The van der Waals surface area contributed by atoms with Gasteiger partial charge in [0.05, 0.1) is 5.56 Å². The van der Waals surface area contributed by atoms with Crippen molar-refractivity contribution in [3.63, 3.8) is 0 Å². The first kappa shape index (κ1) is 9.26. The molecule has 5 heteroatoms. The highest BCUT2D eigenvalue weighted by atomic mass is 19.3. The highest BCUT2D eigenvalue weighted by molar-refractivity contribution is 5.75. The number of halogens is 2. The molecule has 1 aromatic heterocycles. The van der Waals surface area contributed by atoms with E-state index in [4.69, 9.17) is 5.26 Å². The van der Waals surface area contributed by atoms with Crippen LogP contribution in [-0.4, -0.2) is 11.3 Å². The van der Waals surface area contributed by atoms with E-state index in [1.165, 1.54) is 0 Å². The standard InChI is InChI=1S/C8H4F2N2O/c9-8(10)7-6(2-11)1-5(4-13)3-12-7/h1,3-4,8H. The number of aromatic nitrogens is 1. The molecule has 66 valence electrons. The first-order chi connectivity index (χ1) is 6.19. The van der Waals surface area contributed by atoms with Gasteiger partial charge in [-0.05, 0) is 6.07 Å². The van der Waals surface area contributed by atoms with Gasteiger partial charge in [-0.2, -0.15) is 5.26 Å². The summed E-state index contributed by atoms with van der Waals surface area (Å²) in [7, 11) is 0. The zero-order valence-corrected chi connectivity index (χ0v) is 6.37. The van der Waals surface area contributed by atoms with Gasteiger partial charge in [-0.15, -0.1) is 0 Å². The van der Waals surface area contributed by atoms with Crippen LogP contribution >= 0.6 is 0 Å². The molecule has 0 amide bonds. The molecule has 1 aromatic rings. The summed E-state index contributed by atoms with van der Waals surface area (Å²) in [5.74, 6) is 0. The molecule has 1 heterocycles. The Morgan fingerprint density at radius 2 is 2.31 bits per heavy atom. The summed E-state index contributed by atoms with van der Waals surface area (Å²) in [6.45, 7) is 0. The summed E-state index contributed by atoms with van der Waals surface area (Å²) in [5.41, 5.74) is -0.742. The lowest BCUT2D eigenvalue weighted by Gasteiger charge is -2.00. The minimum absolute atomic E-state index is 0.112. The number of alkyl halides is 2. The number of nitrogens with zero attached hydrogens (tertiary/aromatic N) is 2. The number of carbonyl (C=O) groups excluding carboxylic acids is 1. The van der Waals surface area contributed by atoms with Crippen LogP contribution in [-0.2, 0) is 0 Å². The molecular formula is C8H4F2N2O. The molecule has 0 saturated heterocycles. The zero-order valence-electron chi connectivity index (χ0n) is 6.37. The van der Waals surface area contributed by atoms with Crippen LogP contribution in [0.25, 0.3) is 0 Å². The first-order valence-electron chi connectivity index (χ1n) is 3.32. The molecule has 0 N–H and O–H groups in total. The Morgan fingerprint density at radius 1 is 1.62 bits per heavy atom. The highest BCUT2D eigenvalue weighted by Gasteiger charge is 2.14. The van der Waals surface area contributed by atoms with Crippen molar-refractivity contribution in [2.24, 2.45) is 0 Å². The summed E-state index contributed by atoms with van der Waals surface area (Å²) in [6.07, 6.45) is -1.34. The molecule has 0 fully saturated rings. The van der Waals surface area contributed by atoms with E-state index in [0.717, 1.165) is 12.3 Å². The minimum atomic E-state index is -2.80. The molecule has 0 saturated carbocycles. The van der Waals surface area contributed by atoms with Gasteiger partial charge in [0.1, 0.15) is 11.8 Å². The van der Waals surface area contributed by atoms with E-state index in [2.05, 4.69) is 4.98 Å². The number of aldehydes is 1. The van der Waals surface area contributed by atoms with E-state index >= 15 is 0 Å². The van der Waals surface area contributed by atoms with E-state index in [-0.39, 0.29) is 11.1 Å². The van der Waals surface area contributed by atoms with Crippen LogP contribution in [0.3, 0.4) is 0 Å². The van der Waals surface area contributed by atoms with Crippen molar-refractivity contribution in [2.45, 2.75) is 6.43 Å². The van der Waals surface area contributed by atoms with Crippen LogP contribution in [0.5, 0.6) is 0 Å². The van der Waals surface area contributed by atoms with Gasteiger partial charge >= 0.3 is 0 Å². The van der Waals surface area contributed by atoms with Gasteiger partial charge in [-0.3, -0.25) is 9.78 Å². The van der Waals surface area contributed by atoms with E-state index in [1.54, 1.807) is 6.07 Å². The SMILES string of the molecule is N#Cc1cc(C=O)cnc1C(F)F. The van der Waals surface area contributed by atoms with Crippen molar-refractivity contribution in [2.75, 3.05) is 0 Å². The van der Waals surface area contributed by atoms with Gasteiger partial charge in [-0.1, -0.05) is 0 Å². The Morgan fingerprint density at radius 3 is 2.77 bits per heavy atom. The zero-order chi connectivity index (χ0) is 9.84. The smallest absolute Gasteiger partial charge is 0.281 e. The number of pyridine rings is 1. The fourth-order valence-electron chi connectivity index (χ4n) is 0.819. The van der Waals surface area contributed by atoms with Gasteiger partial charge in [0, 0.05) is 11.8 Å². The number of rotatable bonds is 2. The lowest BCUT2D eigenvalue weighted by Crippen LogP contribution is -1.96. The molecule has 0 aliphatic heterocycles. The molecule has 13 heavy (non-hydrogen) atoms. The van der Waals surface area contributed by atoms with Crippen LogP contribution in [0, 0.1) is 11.3 Å². The van der Waals surface area contributed by atoms with E-state index in [1.807, 2.05) is 0 Å². The maximum atomic E-state index is 12.1. The molecule has 0 unspecified atom stereocenters. The molecule has 0 bridgehead atoms. The average molecular weight is 182 g/mol. The lowest BCUT2D eigenvalue weighted by atomic mass is 10.1. The predicted octanol–water partition coefficient (Wildman–Crippen LogP) is 1.70. The van der Waals surface area contributed by atoms with Crippen molar-refractivity contribution < 1.29 is 13.6 Å². The van der Waals surface area contributed by atoms with Crippen molar-refractivity contribution in [1.82, 2.24) is 4.98 Å². The Labute approximate surface area is 72.6 Å². The number of hydrogen-bond donors (Lipinski definition) is 0. The Kier molecular flexibility index (Phi) is 2.65. The summed E-state index contributed by atoms with van der Waals surface area (Å²) in [5, 5.41) is 8.45. The van der Waals surface area contributed by atoms with Crippen molar-refractivity contribution in [1.29, 1.82) is 5.26 Å². The summed E-state index contributed by atoms with van der Waals surface area (Å²) in [6, 6.07) is 2.64. The summed E-state index contributed by atoms with van der Waals surface area (Å²) >= 11 is 0. The van der Waals surface area contributed by atoms with Gasteiger partial charge in [0.15, 0.2) is 6.29 Å². The third kappa shape index (κ3) is 1.85. The van der Waals surface area contributed by atoms with Crippen LogP contribution in [0.15, 0.2) is 12.3 Å². The highest BCUT2D eigenvalue weighted by Crippen LogP contribution is 2.20. The Bertz CT molecular complexity index is 371. The van der Waals surface area contributed by atoms with E-state index in [9.17, 15) is 13.6 Å². The third-order valence-electron chi connectivity index (χ3n) is 1.40.